The van der Waals surface area contributed by atoms with Crippen molar-refractivity contribution < 1.29 is 14.0 Å². The lowest BCUT2D eigenvalue weighted by atomic mass is 10.0. The van der Waals surface area contributed by atoms with E-state index >= 15 is 0 Å². The van der Waals surface area contributed by atoms with Gasteiger partial charge in [0.2, 0.25) is 5.91 Å². The standard InChI is InChI=1S/C20H21FN6O2/c1-12(2)18(24-19(28)15-6-4-5-7-16(15)21)20(29)23-14-8-9-17(13(3)10-14)27-11-22-25-26-27/h4-12,18H,1-3H3,(H,23,29)(H,24,28). The summed E-state index contributed by atoms with van der Waals surface area (Å²) in [4.78, 5) is 25.2. The number of halogens is 1. The first-order valence-corrected chi connectivity index (χ1v) is 9.07. The first-order chi connectivity index (χ1) is 13.9. The normalized spacial score (nSPS) is 11.9. The molecule has 0 aliphatic rings. The number of carbonyl (C=O) groups is 2. The molecule has 1 atom stereocenters. The smallest absolute Gasteiger partial charge is 0.254 e. The van der Waals surface area contributed by atoms with Crippen LogP contribution in [0.2, 0.25) is 0 Å². The summed E-state index contributed by atoms with van der Waals surface area (Å²) in [7, 11) is 0. The molecule has 3 aromatic rings. The van der Waals surface area contributed by atoms with Crippen molar-refractivity contribution in [3.8, 4) is 5.69 Å². The number of tetrazole rings is 1. The van der Waals surface area contributed by atoms with E-state index in [-0.39, 0.29) is 17.4 Å². The highest BCUT2D eigenvalue weighted by Crippen LogP contribution is 2.19. The van der Waals surface area contributed by atoms with Crippen LogP contribution in [0.4, 0.5) is 10.1 Å². The second kappa shape index (κ2) is 8.59. The molecular formula is C20H21FN6O2. The van der Waals surface area contributed by atoms with Crippen LogP contribution in [0.5, 0.6) is 0 Å². The maximum atomic E-state index is 13.9. The molecule has 9 heteroatoms. The summed E-state index contributed by atoms with van der Waals surface area (Å²) < 4.78 is 15.4. The van der Waals surface area contributed by atoms with Gasteiger partial charge in [-0.1, -0.05) is 26.0 Å². The van der Waals surface area contributed by atoms with Crippen molar-refractivity contribution in [2.45, 2.75) is 26.8 Å². The van der Waals surface area contributed by atoms with Gasteiger partial charge >= 0.3 is 0 Å². The SMILES string of the molecule is Cc1cc(NC(=O)C(NC(=O)c2ccccc2F)C(C)C)ccc1-n1cnnn1. The lowest BCUT2D eigenvalue weighted by Gasteiger charge is -2.22. The number of carbonyl (C=O) groups excluding carboxylic acids is 2. The number of amides is 2. The average molecular weight is 396 g/mol. The minimum Gasteiger partial charge on any atom is -0.340 e. The van der Waals surface area contributed by atoms with Gasteiger partial charge in [-0.25, -0.2) is 9.07 Å². The monoisotopic (exact) mass is 396 g/mol. The van der Waals surface area contributed by atoms with E-state index in [2.05, 4.69) is 26.2 Å². The van der Waals surface area contributed by atoms with Crippen LogP contribution in [-0.2, 0) is 4.79 Å². The molecule has 2 aromatic carbocycles. The summed E-state index contributed by atoms with van der Waals surface area (Å²) in [6, 6.07) is 10.1. The predicted octanol–water partition coefficient (Wildman–Crippen LogP) is 2.50. The summed E-state index contributed by atoms with van der Waals surface area (Å²) in [6.45, 7) is 5.47. The predicted molar refractivity (Wildman–Crippen MR) is 105 cm³/mol. The van der Waals surface area contributed by atoms with Gasteiger partial charge in [-0.15, -0.1) is 5.10 Å². The highest BCUT2D eigenvalue weighted by atomic mass is 19.1. The Labute approximate surface area is 167 Å². The molecule has 0 spiro atoms. The zero-order chi connectivity index (χ0) is 21.0. The number of rotatable bonds is 6. The van der Waals surface area contributed by atoms with Gasteiger partial charge in [0.1, 0.15) is 18.2 Å². The number of benzene rings is 2. The third-order valence-corrected chi connectivity index (χ3v) is 4.41. The summed E-state index contributed by atoms with van der Waals surface area (Å²) in [5.41, 5.74) is 2.09. The number of nitrogens with one attached hydrogen (secondary N) is 2. The number of hydrogen-bond acceptors (Lipinski definition) is 5. The largest absolute Gasteiger partial charge is 0.340 e. The van der Waals surface area contributed by atoms with E-state index in [9.17, 15) is 14.0 Å². The molecule has 0 bridgehead atoms. The van der Waals surface area contributed by atoms with Gasteiger partial charge in [0.15, 0.2) is 0 Å². The third kappa shape index (κ3) is 4.63. The molecule has 2 N–H and O–H groups in total. The lowest BCUT2D eigenvalue weighted by molar-refractivity contribution is -0.118. The molecule has 2 amide bonds. The highest BCUT2D eigenvalue weighted by molar-refractivity contribution is 6.01. The van der Waals surface area contributed by atoms with Crippen LogP contribution < -0.4 is 10.6 Å². The lowest BCUT2D eigenvalue weighted by Crippen LogP contribution is -2.47. The van der Waals surface area contributed by atoms with Crippen molar-refractivity contribution >= 4 is 17.5 Å². The van der Waals surface area contributed by atoms with Gasteiger partial charge in [-0.3, -0.25) is 9.59 Å². The molecular weight excluding hydrogens is 375 g/mol. The molecule has 29 heavy (non-hydrogen) atoms. The van der Waals surface area contributed by atoms with Crippen molar-refractivity contribution in [1.82, 2.24) is 25.5 Å². The summed E-state index contributed by atoms with van der Waals surface area (Å²) >= 11 is 0. The van der Waals surface area contributed by atoms with Crippen molar-refractivity contribution in [2.75, 3.05) is 5.32 Å². The zero-order valence-corrected chi connectivity index (χ0v) is 16.3. The summed E-state index contributed by atoms with van der Waals surface area (Å²) in [5.74, 6) is -1.87. The van der Waals surface area contributed by atoms with E-state index in [4.69, 9.17) is 0 Å². The fourth-order valence-corrected chi connectivity index (χ4v) is 2.88. The van der Waals surface area contributed by atoms with E-state index < -0.39 is 17.8 Å². The number of hydrogen-bond donors (Lipinski definition) is 2. The van der Waals surface area contributed by atoms with Crippen LogP contribution in [0.25, 0.3) is 5.69 Å². The number of anilines is 1. The van der Waals surface area contributed by atoms with E-state index in [0.29, 0.717) is 5.69 Å². The maximum absolute atomic E-state index is 13.9. The van der Waals surface area contributed by atoms with Gasteiger partial charge in [0.25, 0.3) is 5.91 Å². The molecule has 0 aliphatic heterocycles. The Morgan fingerprint density at radius 3 is 2.52 bits per heavy atom. The first-order valence-electron chi connectivity index (χ1n) is 9.07. The molecule has 3 rings (SSSR count). The summed E-state index contributed by atoms with van der Waals surface area (Å²) in [5, 5.41) is 16.5. The van der Waals surface area contributed by atoms with E-state index in [0.717, 1.165) is 11.3 Å². The first kappa shape index (κ1) is 20.1. The van der Waals surface area contributed by atoms with Gasteiger partial charge in [-0.05, 0) is 59.2 Å². The molecule has 1 aromatic heterocycles. The van der Waals surface area contributed by atoms with Crippen LogP contribution in [-0.4, -0.2) is 38.1 Å². The topological polar surface area (TPSA) is 102 Å². The molecule has 8 nitrogen and oxygen atoms in total. The summed E-state index contributed by atoms with van der Waals surface area (Å²) in [6.07, 6.45) is 1.48. The van der Waals surface area contributed by atoms with E-state index in [1.807, 2.05) is 6.92 Å². The van der Waals surface area contributed by atoms with Crippen molar-refractivity contribution in [1.29, 1.82) is 0 Å². The van der Waals surface area contributed by atoms with E-state index in [1.165, 1.54) is 29.2 Å². The second-order valence-corrected chi connectivity index (χ2v) is 6.92. The van der Waals surface area contributed by atoms with Crippen molar-refractivity contribution in [3.05, 3.63) is 65.7 Å². The van der Waals surface area contributed by atoms with Crippen LogP contribution in [0.1, 0.15) is 29.8 Å². The molecule has 0 saturated heterocycles. The minimum absolute atomic E-state index is 0.104. The Kier molecular flexibility index (Phi) is 5.96. The fraction of sp³-hybridized carbons (Fsp3) is 0.250. The molecule has 0 aliphatic carbocycles. The van der Waals surface area contributed by atoms with Crippen molar-refractivity contribution in [2.24, 2.45) is 5.92 Å². The van der Waals surface area contributed by atoms with Crippen molar-refractivity contribution in [3.63, 3.8) is 0 Å². The van der Waals surface area contributed by atoms with Gasteiger partial charge in [0.05, 0.1) is 11.3 Å². The second-order valence-electron chi connectivity index (χ2n) is 6.92. The Morgan fingerprint density at radius 2 is 1.90 bits per heavy atom. The zero-order valence-electron chi connectivity index (χ0n) is 16.3. The average Bonchev–Trinajstić information content (AvgIpc) is 3.20. The van der Waals surface area contributed by atoms with Crippen LogP contribution in [0, 0.1) is 18.7 Å². The quantitative estimate of drug-likeness (QED) is 0.667. The minimum atomic E-state index is -0.832. The Bertz CT molecular complexity index is 1020. The molecule has 0 radical (unpaired) electrons. The molecule has 0 fully saturated rings. The Hall–Kier alpha value is -3.62. The van der Waals surface area contributed by atoms with Gasteiger partial charge in [0, 0.05) is 5.69 Å². The van der Waals surface area contributed by atoms with Crippen LogP contribution in [0.3, 0.4) is 0 Å². The van der Waals surface area contributed by atoms with Crippen LogP contribution in [0.15, 0.2) is 48.8 Å². The molecule has 1 unspecified atom stereocenters. The maximum Gasteiger partial charge on any atom is 0.254 e. The fourth-order valence-electron chi connectivity index (χ4n) is 2.88. The van der Waals surface area contributed by atoms with Gasteiger partial charge in [-0.2, -0.15) is 0 Å². The third-order valence-electron chi connectivity index (χ3n) is 4.41. The number of aromatic nitrogens is 4. The highest BCUT2D eigenvalue weighted by Gasteiger charge is 2.26. The van der Waals surface area contributed by atoms with Crippen LogP contribution >= 0.6 is 0 Å². The molecule has 150 valence electrons. The molecule has 0 saturated carbocycles. The number of aryl methyl sites for hydroxylation is 1. The Morgan fingerprint density at radius 1 is 1.14 bits per heavy atom. The van der Waals surface area contributed by atoms with Gasteiger partial charge < -0.3 is 10.6 Å². The molecule has 1 heterocycles. The number of nitrogens with zero attached hydrogens (tertiary/aromatic N) is 4. The van der Waals surface area contributed by atoms with E-state index in [1.54, 1.807) is 38.1 Å². The Balaban J connectivity index is 1.74.